The monoisotopic (exact) mass is 186 g/mol. The molecule has 0 amide bonds. The Morgan fingerprint density at radius 1 is 1.54 bits per heavy atom. The number of likely N-dealkylation sites (tertiary alicyclic amines) is 1. The molecule has 0 aromatic carbocycles. The summed E-state index contributed by atoms with van der Waals surface area (Å²) in [6, 6.07) is 0. The zero-order chi connectivity index (χ0) is 9.52. The third-order valence-electron chi connectivity index (χ3n) is 2.68. The van der Waals surface area contributed by atoms with Crippen molar-refractivity contribution in [2.45, 2.75) is 19.3 Å². The number of rotatable bonds is 5. The van der Waals surface area contributed by atoms with Crippen LogP contribution in [0.25, 0.3) is 0 Å². The van der Waals surface area contributed by atoms with Crippen LogP contribution in [-0.2, 0) is 4.74 Å². The summed E-state index contributed by atoms with van der Waals surface area (Å²) >= 11 is 0. The van der Waals surface area contributed by atoms with Crippen molar-refractivity contribution in [1.82, 2.24) is 4.90 Å². The highest BCUT2D eigenvalue weighted by atomic mass is 16.5. The van der Waals surface area contributed by atoms with Gasteiger partial charge >= 0.3 is 0 Å². The number of piperidine rings is 1. The van der Waals surface area contributed by atoms with Gasteiger partial charge < -0.3 is 15.4 Å². The zero-order valence-electron chi connectivity index (χ0n) is 8.67. The van der Waals surface area contributed by atoms with Crippen LogP contribution in [-0.4, -0.2) is 44.8 Å². The molecule has 3 nitrogen and oxygen atoms in total. The third kappa shape index (κ3) is 4.07. The van der Waals surface area contributed by atoms with E-state index in [0.717, 1.165) is 32.0 Å². The summed E-state index contributed by atoms with van der Waals surface area (Å²) in [5.74, 6) is 0.747. The maximum Gasteiger partial charge on any atom is 0.0502 e. The fourth-order valence-electron chi connectivity index (χ4n) is 2.04. The van der Waals surface area contributed by atoms with E-state index in [-0.39, 0.29) is 0 Å². The number of hydrogen-bond acceptors (Lipinski definition) is 3. The third-order valence-corrected chi connectivity index (χ3v) is 2.68. The molecule has 0 aromatic rings. The lowest BCUT2D eigenvalue weighted by atomic mass is 9.99. The van der Waals surface area contributed by atoms with Crippen LogP contribution in [0.5, 0.6) is 0 Å². The lowest BCUT2D eigenvalue weighted by Crippen LogP contribution is -2.38. The van der Waals surface area contributed by atoms with Gasteiger partial charge in [0.25, 0.3) is 0 Å². The van der Waals surface area contributed by atoms with Crippen LogP contribution < -0.4 is 5.73 Å². The summed E-state index contributed by atoms with van der Waals surface area (Å²) in [6.45, 7) is 5.34. The molecule has 2 N–H and O–H groups in total. The van der Waals surface area contributed by atoms with Gasteiger partial charge in [-0.05, 0) is 44.8 Å². The Balaban J connectivity index is 2.16. The van der Waals surface area contributed by atoms with E-state index >= 15 is 0 Å². The maximum atomic E-state index is 5.49. The first-order valence-corrected chi connectivity index (χ1v) is 5.28. The lowest BCUT2D eigenvalue weighted by molar-refractivity contribution is 0.0904. The Morgan fingerprint density at radius 3 is 3.08 bits per heavy atom. The molecule has 1 aliphatic heterocycles. The normalized spacial score (nSPS) is 24.9. The highest BCUT2D eigenvalue weighted by molar-refractivity contribution is 4.72. The van der Waals surface area contributed by atoms with E-state index in [1.165, 1.54) is 25.9 Å². The SMILES string of the molecule is COC[C@@H]1CCCN(CCCN)C1. The van der Waals surface area contributed by atoms with Gasteiger partial charge in [0.2, 0.25) is 0 Å². The lowest BCUT2D eigenvalue weighted by Gasteiger charge is -2.32. The van der Waals surface area contributed by atoms with Crippen LogP contribution in [0.1, 0.15) is 19.3 Å². The molecule has 0 aliphatic carbocycles. The minimum atomic E-state index is 0.747. The van der Waals surface area contributed by atoms with Crippen LogP contribution in [0.4, 0.5) is 0 Å². The first-order chi connectivity index (χ1) is 6.36. The molecule has 78 valence electrons. The Hall–Kier alpha value is -0.120. The molecule has 0 spiro atoms. The molecule has 0 radical (unpaired) electrons. The van der Waals surface area contributed by atoms with Crippen LogP contribution in [0.15, 0.2) is 0 Å². The average Bonchev–Trinajstić information content (AvgIpc) is 2.16. The topological polar surface area (TPSA) is 38.5 Å². The summed E-state index contributed by atoms with van der Waals surface area (Å²) < 4.78 is 5.18. The average molecular weight is 186 g/mol. The van der Waals surface area contributed by atoms with E-state index in [4.69, 9.17) is 10.5 Å². The standard InChI is InChI=1S/C10H22N2O/c1-13-9-10-4-2-6-12(8-10)7-3-5-11/h10H,2-9,11H2,1H3/t10-/m1/s1. The summed E-state index contributed by atoms with van der Waals surface area (Å²) in [4.78, 5) is 2.51. The van der Waals surface area contributed by atoms with E-state index in [1.807, 2.05) is 0 Å². The Kier molecular flexibility index (Phi) is 5.35. The number of hydrogen-bond donors (Lipinski definition) is 1. The van der Waals surface area contributed by atoms with Gasteiger partial charge in [-0.25, -0.2) is 0 Å². The van der Waals surface area contributed by atoms with E-state index < -0.39 is 0 Å². The van der Waals surface area contributed by atoms with Crippen molar-refractivity contribution in [3.05, 3.63) is 0 Å². The van der Waals surface area contributed by atoms with Gasteiger partial charge in [0.1, 0.15) is 0 Å². The number of ether oxygens (including phenoxy) is 1. The Bertz CT molecular complexity index is 128. The van der Waals surface area contributed by atoms with Crippen molar-refractivity contribution < 1.29 is 4.74 Å². The molecule has 1 rings (SSSR count). The molecule has 0 bridgehead atoms. The second-order valence-electron chi connectivity index (χ2n) is 3.91. The molecule has 13 heavy (non-hydrogen) atoms. The van der Waals surface area contributed by atoms with Crippen LogP contribution in [0.3, 0.4) is 0 Å². The smallest absolute Gasteiger partial charge is 0.0502 e. The largest absolute Gasteiger partial charge is 0.384 e. The van der Waals surface area contributed by atoms with E-state index in [2.05, 4.69) is 4.90 Å². The second-order valence-corrected chi connectivity index (χ2v) is 3.91. The first-order valence-electron chi connectivity index (χ1n) is 5.28. The van der Waals surface area contributed by atoms with Crippen molar-refractivity contribution in [2.75, 3.05) is 39.9 Å². The molecule has 0 unspecified atom stereocenters. The van der Waals surface area contributed by atoms with Crippen LogP contribution in [0, 0.1) is 5.92 Å². The van der Waals surface area contributed by atoms with Crippen molar-refractivity contribution in [3.8, 4) is 0 Å². The Morgan fingerprint density at radius 2 is 2.38 bits per heavy atom. The molecular formula is C10H22N2O. The predicted octanol–water partition coefficient (Wildman–Crippen LogP) is 0.694. The highest BCUT2D eigenvalue weighted by Crippen LogP contribution is 2.16. The van der Waals surface area contributed by atoms with Crippen molar-refractivity contribution >= 4 is 0 Å². The van der Waals surface area contributed by atoms with Gasteiger partial charge in [-0.1, -0.05) is 0 Å². The molecule has 1 saturated heterocycles. The van der Waals surface area contributed by atoms with Crippen molar-refractivity contribution in [1.29, 1.82) is 0 Å². The van der Waals surface area contributed by atoms with Crippen LogP contribution >= 0.6 is 0 Å². The number of methoxy groups -OCH3 is 1. The molecule has 1 fully saturated rings. The van der Waals surface area contributed by atoms with E-state index in [0.29, 0.717) is 0 Å². The van der Waals surface area contributed by atoms with Gasteiger partial charge in [-0.3, -0.25) is 0 Å². The van der Waals surface area contributed by atoms with E-state index in [1.54, 1.807) is 7.11 Å². The molecule has 0 aromatic heterocycles. The molecular weight excluding hydrogens is 164 g/mol. The van der Waals surface area contributed by atoms with E-state index in [9.17, 15) is 0 Å². The molecule has 3 heteroatoms. The zero-order valence-corrected chi connectivity index (χ0v) is 8.67. The minimum Gasteiger partial charge on any atom is -0.384 e. The first kappa shape index (κ1) is 11.0. The number of nitrogens with zero attached hydrogens (tertiary/aromatic N) is 1. The van der Waals surface area contributed by atoms with Gasteiger partial charge in [0.15, 0.2) is 0 Å². The molecule has 1 aliphatic rings. The number of nitrogens with two attached hydrogens (primary N) is 1. The fourth-order valence-corrected chi connectivity index (χ4v) is 2.04. The van der Waals surface area contributed by atoms with Gasteiger partial charge in [0, 0.05) is 13.7 Å². The summed E-state index contributed by atoms with van der Waals surface area (Å²) in [5.41, 5.74) is 5.49. The minimum absolute atomic E-state index is 0.747. The summed E-state index contributed by atoms with van der Waals surface area (Å²) in [5, 5.41) is 0. The predicted molar refractivity (Wildman–Crippen MR) is 54.7 cm³/mol. The van der Waals surface area contributed by atoms with Crippen molar-refractivity contribution in [3.63, 3.8) is 0 Å². The van der Waals surface area contributed by atoms with Gasteiger partial charge in [0.05, 0.1) is 6.61 Å². The summed E-state index contributed by atoms with van der Waals surface area (Å²) in [6.07, 6.45) is 3.77. The second kappa shape index (κ2) is 6.35. The maximum absolute atomic E-state index is 5.49. The van der Waals surface area contributed by atoms with Crippen LogP contribution in [0.2, 0.25) is 0 Å². The highest BCUT2D eigenvalue weighted by Gasteiger charge is 2.18. The quantitative estimate of drug-likeness (QED) is 0.686. The van der Waals surface area contributed by atoms with Gasteiger partial charge in [-0.15, -0.1) is 0 Å². The molecule has 1 atom stereocenters. The fraction of sp³-hybridized carbons (Fsp3) is 1.00. The Labute approximate surface area is 81.2 Å². The molecule has 0 saturated carbocycles. The van der Waals surface area contributed by atoms with Gasteiger partial charge in [-0.2, -0.15) is 0 Å². The van der Waals surface area contributed by atoms with Crippen molar-refractivity contribution in [2.24, 2.45) is 11.7 Å². The molecule has 1 heterocycles. The summed E-state index contributed by atoms with van der Waals surface area (Å²) in [7, 11) is 1.79.